The van der Waals surface area contributed by atoms with Crippen LogP contribution in [-0.2, 0) is 16.0 Å². The molecule has 3 aromatic rings. The second-order valence-electron chi connectivity index (χ2n) is 8.71. The number of hydrogen-bond acceptors (Lipinski definition) is 5. The number of benzene rings is 3. The van der Waals surface area contributed by atoms with Crippen molar-refractivity contribution in [2.24, 2.45) is 5.92 Å². The van der Waals surface area contributed by atoms with Gasteiger partial charge in [0.05, 0.1) is 33.3 Å². The van der Waals surface area contributed by atoms with Crippen LogP contribution in [0.25, 0.3) is 0 Å². The Morgan fingerprint density at radius 2 is 1.61 bits per heavy atom. The molecule has 1 heterocycles. The third-order valence-electron chi connectivity index (χ3n) is 6.66. The third-order valence-corrected chi connectivity index (χ3v) is 6.66. The van der Waals surface area contributed by atoms with Gasteiger partial charge >= 0.3 is 0 Å². The number of nitrogens with one attached hydrogen (secondary N) is 1. The van der Waals surface area contributed by atoms with Crippen LogP contribution >= 0.6 is 0 Å². The van der Waals surface area contributed by atoms with Crippen molar-refractivity contribution >= 4 is 23.2 Å². The van der Waals surface area contributed by atoms with Crippen molar-refractivity contribution in [3.63, 3.8) is 0 Å². The van der Waals surface area contributed by atoms with Crippen LogP contribution in [0.15, 0.2) is 66.7 Å². The average molecular weight is 489 g/mol. The molecule has 3 aromatic carbocycles. The van der Waals surface area contributed by atoms with Crippen molar-refractivity contribution in [3.05, 3.63) is 77.9 Å². The Morgan fingerprint density at radius 3 is 2.22 bits per heavy atom. The number of methoxy groups -OCH3 is 3. The number of nitrogens with zero attached hydrogens (tertiary/aromatic N) is 1. The Hall–Kier alpha value is -4.00. The number of aryl methyl sites for hydroxylation is 1. The van der Waals surface area contributed by atoms with Crippen LogP contribution in [0.4, 0.5) is 11.4 Å². The van der Waals surface area contributed by atoms with Crippen molar-refractivity contribution < 1.29 is 23.8 Å². The topological polar surface area (TPSA) is 77.1 Å². The maximum atomic E-state index is 13.6. The van der Waals surface area contributed by atoms with E-state index in [1.807, 2.05) is 60.7 Å². The van der Waals surface area contributed by atoms with Gasteiger partial charge in [0.25, 0.3) is 0 Å². The summed E-state index contributed by atoms with van der Waals surface area (Å²) in [5.41, 5.74) is 3.42. The summed E-state index contributed by atoms with van der Waals surface area (Å²) in [5.74, 6) is 1.15. The maximum Gasteiger partial charge on any atom is 0.229 e. The SMILES string of the molecule is CCc1ccc(NC(=O)[C@@H]2CCC(=O)N(c3ccc(OC)cc3)[C@@H]2c2ccc(OC)c(OC)c2)cc1. The lowest BCUT2D eigenvalue weighted by molar-refractivity contribution is -0.125. The summed E-state index contributed by atoms with van der Waals surface area (Å²) >= 11 is 0. The van der Waals surface area contributed by atoms with Gasteiger partial charge in [-0.2, -0.15) is 0 Å². The molecule has 1 aliphatic rings. The summed E-state index contributed by atoms with van der Waals surface area (Å²) in [6.45, 7) is 2.09. The molecule has 0 aromatic heterocycles. The highest BCUT2D eigenvalue weighted by Crippen LogP contribution is 2.43. The van der Waals surface area contributed by atoms with E-state index in [4.69, 9.17) is 14.2 Å². The first kappa shape index (κ1) is 25.1. The van der Waals surface area contributed by atoms with Gasteiger partial charge in [-0.25, -0.2) is 0 Å². The minimum Gasteiger partial charge on any atom is -0.497 e. The van der Waals surface area contributed by atoms with Crippen molar-refractivity contribution in [1.29, 1.82) is 0 Å². The highest BCUT2D eigenvalue weighted by Gasteiger charge is 2.41. The summed E-state index contributed by atoms with van der Waals surface area (Å²) < 4.78 is 16.2. The molecule has 0 spiro atoms. The summed E-state index contributed by atoms with van der Waals surface area (Å²) in [7, 11) is 4.74. The lowest BCUT2D eigenvalue weighted by atomic mass is 9.83. The van der Waals surface area contributed by atoms with E-state index in [1.165, 1.54) is 5.56 Å². The van der Waals surface area contributed by atoms with Gasteiger partial charge in [-0.05, 0) is 72.5 Å². The second-order valence-corrected chi connectivity index (χ2v) is 8.71. The number of anilines is 2. The first-order valence-electron chi connectivity index (χ1n) is 12.1. The number of amides is 2. The quantitative estimate of drug-likeness (QED) is 0.460. The van der Waals surface area contributed by atoms with Gasteiger partial charge < -0.3 is 24.4 Å². The van der Waals surface area contributed by atoms with Crippen LogP contribution in [0.5, 0.6) is 17.2 Å². The van der Waals surface area contributed by atoms with E-state index in [1.54, 1.807) is 32.3 Å². The standard InChI is InChI=1S/C29H32N2O5/c1-5-19-6-9-21(10-7-19)30-29(33)24-15-17-27(32)31(22-11-13-23(34-2)14-12-22)28(24)20-8-16-25(35-3)26(18-20)36-4/h6-14,16,18,24,28H,5,15,17H2,1-4H3,(H,30,33)/t24-,28-/m1/s1. The van der Waals surface area contributed by atoms with Crippen LogP contribution in [-0.4, -0.2) is 33.1 Å². The fourth-order valence-corrected chi connectivity index (χ4v) is 4.69. The molecule has 7 heteroatoms. The minimum absolute atomic E-state index is 0.0451. The normalized spacial score (nSPS) is 17.4. The first-order chi connectivity index (χ1) is 17.5. The van der Waals surface area contributed by atoms with E-state index >= 15 is 0 Å². The molecule has 188 valence electrons. The largest absolute Gasteiger partial charge is 0.497 e. The molecule has 7 nitrogen and oxygen atoms in total. The zero-order valence-corrected chi connectivity index (χ0v) is 21.1. The van der Waals surface area contributed by atoms with Crippen molar-refractivity contribution in [3.8, 4) is 17.2 Å². The Morgan fingerprint density at radius 1 is 0.917 bits per heavy atom. The van der Waals surface area contributed by atoms with Crippen molar-refractivity contribution in [1.82, 2.24) is 0 Å². The predicted octanol–water partition coefficient (Wildman–Crippen LogP) is 5.40. The Bertz CT molecular complexity index is 1210. The fraction of sp³-hybridized carbons (Fsp3) is 0.310. The third kappa shape index (κ3) is 5.15. The molecule has 1 aliphatic heterocycles. The smallest absolute Gasteiger partial charge is 0.229 e. The maximum absolute atomic E-state index is 13.6. The Labute approximate surface area is 212 Å². The summed E-state index contributed by atoms with van der Waals surface area (Å²) in [4.78, 5) is 28.7. The molecule has 2 amide bonds. The highest BCUT2D eigenvalue weighted by molar-refractivity contribution is 6.00. The lowest BCUT2D eigenvalue weighted by Crippen LogP contribution is -2.47. The van der Waals surface area contributed by atoms with E-state index in [-0.39, 0.29) is 18.2 Å². The fourth-order valence-electron chi connectivity index (χ4n) is 4.69. The number of rotatable bonds is 8. The number of ether oxygens (including phenoxy) is 3. The van der Waals surface area contributed by atoms with Gasteiger partial charge in [-0.15, -0.1) is 0 Å². The average Bonchev–Trinajstić information content (AvgIpc) is 2.92. The molecule has 4 rings (SSSR count). The van der Waals surface area contributed by atoms with Gasteiger partial charge in [0, 0.05) is 17.8 Å². The van der Waals surface area contributed by atoms with E-state index in [0.717, 1.165) is 17.7 Å². The molecule has 36 heavy (non-hydrogen) atoms. The molecule has 0 aliphatic carbocycles. The van der Waals surface area contributed by atoms with E-state index in [2.05, 4.69) is 12.2 Å². The first-order valence-corrected chi connectivity index (χ1v) is 12.1. The van der Waals surface area contributed by atoms with E-state index in [0.29, 0.717) is 29.4 Å². The van der Waals surface area contributed by atoms with Gasteiger partial charge in [-0.1, -0.05) is 25.1 Å². The highest BCUT2D eigenvalue weighted by atomic mass is 16.5. The molecule has 0 unspecified atom stereocenters. The van der Waals surface area contributed by atoms with Crippen LogP contribution in [0.1, 0.15) is 36.9 Å². The molecule has 1 fully saturated rings. The second kappa shape index (κ2) is 11.2. The van der Waals surface area contributed by atoms with Crippen molar-refractivity contribution in [2.45, 2.75) is 32.2 Å². The molecular formula is C29H32N2O5. The monoisotopic (exact) mass is 488 g/mol. The van der Waals surface area contributed by atoms with Gasteiger partial charge in [0.2, 0.25) is 11.8 Å². The zero-order chi connectivity index (χ0) is 25.7. The molecule has 0 saturated carbocycles. The van der Waals surface area contributed by atoms with Gasteiger partial charge in [0.1, 0.15) is 5.75 Å². The number of piperidine rings is 1. The number of carbonyl (C=O) groups is 2. The van der Waals surface area contributed by atoms with E-state index in [9.17, 15) is 9.59 Å². The molecule has 2 atom stereocenters. The molecule has 1 saturated heterocycles. The van der Waals surface area contributed by atoms with Gasteiger partial charge in [0.15, 0.2) is 11.5 Å². The Kier molecular flexibility index (Phi) is 7.78. The van der Waals surface area contributed by atoms with Crippen molar-refractivity contribution in [2.75, 3.05) is 31.5 Å². The molecular weight excluding hydrogens is 456 g/mol. The van der Waals surface area contributed by atoms with Crippen LogP contribution in [0.2, 0.25) is 0 Å². The molecule has 1 N–H and O–H groups in total. The van der Waals surface area contributed by atoms with Crippen LogP contribution < -0.4 is 24.4 Å². The zero-order valence-electron chi connectivity index (χ0n) is 21.1. The summed E-state index contributed by atoms with van der Waals surface area (Å²) in [6.07, 6.45) is 1.63. The summed E-state index contributed by atoms with van der Waals surface area (Å²) in [6, 6.07) is 20.2. The summed E-state index contributed by atoms with van der Waals surface area (Å²) in [5, 5.41) is 3.07. The van der Waals surface area contributed by atoms with Crippen LogP contribution in [0.3, 0.4) is 0 Å². The predicted molar refractivity (Wildman–Crippen MR) is 140 cm³/mol. The molecule has 0 bridgehead atoms. The Balaban J connectivity index is 1.75. The molecule has 0 radical (unpaired) electrons. The van der Waals surface area contributed by atoms with Gasteiger partial charge in [-0.3, -0.25) is 9.59 Å². The van der Waals surface area contributed by atoms with Crippen LogP contribution in [0, 0.1) is 5.92 Å². The number of carbonyl (C=O) groups excluding carboxylic acids is 2. The lowest BCUT2D eigenvalue weighted by Gasteiger charge is -2.41. The van der Waals surface area contributed by atoms with E-state index < -0.39 is 12.0 Å². The minimum atomic E-state index is -0.533. The number of hydrogen-bond donors (Lipinski definition) is 1.